The van der Waals surface area contributed by atoms with Crippen LogP contribution in [0.25, 0.3) is 0 Å². The normalized spacial score (nSPS) is 15.5. The van der Waals surface area contributed by atoms with Crippen molar-refractivity contribution in [1.82, 2.24) is 14.7 Å². The standard InChI is InChI=1S/C12H20N4OS/c1-12(2,3)10-15-11(18-16-10)13-7-6-9(17)14-8-4-5-8/h8H,4-7H2,1-3H3,(H,14,17)(H,13,15,16). The Labute approximate surface area is 112 Å². The Morgan fingerprint density at radius 1 is 1.44 bits per heavy atom. The number of nitrogens with zero attached hydrogens (tertiary/aromatic N) is 2. The Bertz CT molecular complexity index is 420. The number of hydrogen-bond acceptors (Lipinski definition) is 5. The molecule has 1 fully saturated rings. The van der Waals surface area contributed by atoms with Gasteiger partial charge in [-0.25, -0.2) is 4.98 Å². The Morgan fingerprint density at radius 2 is 2.17 bits per heavy atom. The van der Waals surface area contributed by atoms with Gasteiger partial charge in [0.05, 0.1) is 0 Å². The number of amides is 1. The van der Waals surface area contributed by atoms with Crippen LogP contribution in [0.1, 0.15) is 45.9 Å². The first-order valence-corrected chi connectivity index (χ1v) is 7.10. The van der Waals surface area contributed by atoms with E-state index in [0.717, 1.165) is 23.8 Å². The lowest BCUT2D eigenvalue weighted by molar-refractivity contribution is -0.120. The zero-order chi connectivity index (χ0) is 13.2. The van der Waals surface area contributed by atoms with E-state index in [1.807, 2.05) is 0 Å². The summed E-state index contributed by atoms with van der Waals surface area (Å²) in [5.74, 6) is 0.961. The van der Waals surface area contributed by atoms with Gasteiger partial charge in [-0.15, -0.1) is 0 Å². The average Bonchev–Trinajstić information content (AvgIpc) is 2.93. The van der Waals surface area contributed by atoms with Gasteiger partial charge in [0.15, 0.2) is 0 Å². The zero-order valence-corrected chi connectivity index (χ0v) is 11.9. The van der Waals surface area contributed by atoms with Crippen molar-refractivity contribution >= 4 is 22.6 Å². The van der Waals surface area contributed by atoms with E-state index >= 15 is 0 Å². The number of carbonyl (C=O) groups is 1. The molecule has 1 heterocycles. The number of aromatic nitrogens is 2. The molecule has 0 spiro atoms. The lowest BCUT2D eigenvalue weighted by Gasteiger charge is -2.12. The second-order valence-electron chi connectivity index (χ2n) is 5.69. The monoisotopic (exact) mass is 268 g/mol. The molecule has 0 saturated heterocycles. The fraction of sp³-hybridized carbons (Fsp3) is 0.750. The van der Waals surface area contributed by atoms with Crippen LogP contribution in [0.3, 0.4) is 0 Å². The number of anilines is 1. The Morgan fingerprint density at radius 3 is 2.72 bits per heavy atom. The molecule has 0 aromatic carbocycles. The summed E-state index contributed by atoms with van der Waals surface area (Å²) < 4.78 is 4.31. The third-order valence-electron chi connectivity index (χ3n) is 2.67. The van der Waals surface area contributed by atoms with Crippen molar-refractivity contribution in [2.24, 2.45) is 0 Å². The largest absolute Gasteiger partial charge is 0.360 e. The molecular weight excluding hydrogens is 248 g/mol. The van der Waals surface area contributed by atoms with Gasteiger partial charge in [0.2, 0.25) is 11.0 Å². The first kappa shape index (κ1) is 13.3. The van der Waals surface area contributed by atoms with E-state index in [9.17, 15) is 4.79 Å². The van der Waals surface area contributed by atoms with Crippen molar-refractivity contribution in [1.29, 1.82) is 0 Å². The lowest BCUT2D eigenvalue weighted by Crippen LogP contribution is -2.27. The first-order valence-electron chi connectivity index (χ1n) is 6.32. The van der Waals surface area contributed by atoms with Crippen LogP contribution in [0, 0.1) is 0 Å². The molecule has 100 valence electrons. The van der Waals surface area contributed by atoms with Crippen LogP contribution >= 0.6 is 11.5 Å². The van der Waals surface area contributed by atoms with E-state index in [4.69, 9.17) is 0 Å². The van der Waals surface area contributed by atoms with Crippen molar-refractivity contribution in [2.45, 2.75) is 51.5 Å². The van der Waals surface area contributed by atoms with Crippen molar-refractivity contribution in [3.05, 3.63) is 5.82 Å². The number of carbonyl (C=O) groups excluding carboxylic acids is 1. The van der Waals surface area contributed by atoms with Gasteiger partial charge in [-0.2, -0.15) is 4.37 Å². The summed E-state index contributed by atoms with van der Waals surface area (Å²) in [5.41, 5.74) is -0.0280. The van der Waals surface area contributed by atoms with E-state index in [1.54, 1.807) is 0 Å². The summed E-state index contributed by atoms with van der Waals surface area (Å²) in [6, 6.07) is 0.437. The predicted molar refractivity (Wildman–Crippen MR) is 72.9 cm³/mol. The van der Waals surface area contributed by atoms with Crippen molar-refractivity contribution in [3.8, 4) is 0 Å². The predicted octanol–water partition coefficient (Wildman–Crippen LogP) is 1.92. The van der Waals surface area contributed by atoms with Crippen LogP contribution in [0.15, 0.2) is 0 Å². The van der Waals surface area contributed by atoms with Gasteiger partial charge in [-0.3, -0.25) is 4.79 Å². The highest BCUT2D eigenvalue weighted by Crippen LogP contribution is 2.22. The topological polar surface area (TPSA) is 66.9 Å². The fourth-order valence-electron chi connectivity index (χ4n) is 1.41. The minimum Gasteiger partial charge on any atom is -0.360 e. The van der Waals surface area contributed by atoms with Crippen LogP contribution in [0.4, 0.5) is 5.13 Å². The molecular formula is C12H20N4OS. The summed E-state index contributed by atoms with van der Waals surface area (Å²) in [4.78, 5) is 15.9. The molecule has 1 saturated carbocycles. The van der Waals surface area contributed by atoms with Gasteiger partial charge >= 0.3 is 0 Å². The Kier molecular flexibility index (Phi) is 3.85. The minimum atomic E-state index is -0.0280. The highest BCUT2D eigenvalue weighted by atomic mass is 32.1. The molecule has 0 bridgehead atoms. The quantitative estimate of drug-likeness (QED) is 0.856. The highest BCUT2D eigenvalue weighted by Gasteiger charge is 2.23. The molecule has 2 N–H and O–H groups in total. The fourth-order valence-corrected chi connectivity index (χ4v) is 2.19. The molecule has 6 heteroatoms. The molecule has 2 rings (SSSR count). The number of rotatable bonds is 5. The second-order valence-corrected chi connectivity index (χ2v) is 6.44. The van der Waals surface area contributed by atoms with Crippen molar-refractivity contribution in [3.63, 3.8) is 0 Å². The van der Waals surface area contributed by atoms with E-state index < -0.39 is 0 Å². The van der Waals surface area contributed by atoms with Gasteiger partial charge in [-0.05, 0) is 12.8 Å². The average molecular weight is 268 g/mol. The van der Waals surface area contributed by atoms with Crippen LogP contribution in [-0.4, -0.2) is 27.9 Å². The second kappa shape index (κ2) is 5.22. The van der Waals surface area contributed by atoms with Crippen molar-refractivity contribution < 1.29 is 4.79 Å². The Hall–Kier alpha value is -1.17. The summed E-state index contributed by atoms with van der Waals surface area (Å²) >= 11 is 1.35. The van der Waals surface area contributed by atoms with Gasteiger partial charge < -0.3 is 10.6 Å². The van der Waals surface area contributed by atoms with Crippen molar-refractivity contribution in [2.75, 3.05) is 11.9 Å². The summed E-state index contributed by atoms with van der Waals surface area (Å²) in [5, 5.41) is 6.89. The molecule has 0 radical (unpaired) electrons. The summed E-state index contributed by atoms with van der Waals surface area (Å²) in [6.45, 7) is 6.86. The maximum absolute atomic E-state index is 11.5. The molecule has 18 heavy (non-hydrogen) atoms. The van der Waals surface area contributed by atoms with Crippen LogP contribution in [-0.2, 0) is 10.2 Å². The number of nitrogens with one attached hydrogen (secondary N) is 2. The smallest absolute Gasteiger partial charge is 0.221 e. The van der Waals surface area contributed by atoms with Gasteiger partial charge in [0.1, 0.15) is 5.82 Å². The summed E-state index contributed by atoms with van der Waals surface area (Å²) in [6.07, 6.45) is 2.75. The number of hydrogen-bond donors (Lipinski definition) is 2. The highest BCUT2D eigenvalue weighted by molar-refractivity contribution is 7.09. The molecule has 1 amide bonds. The third-order valence-corrected chi connectivity index (χ3v) is 3.34. The third kappa shape index (κ3) is 3.94. The maximum atomic E-state index is 11.5. The molecule has 0 unspecified atom stereocenters. The Balaban J connectivity index is 1.72. The molecule has 1 aliphatic carbocycles. The maximum Gasteiger partial charge on any atom is 0.221 e. The summed E-state index contributed by atoms with van der Waals surface area (Å²) in [7, 11) is 0. The van der Waals surface area contributed by atoms with Gasteiger partial charge in [-0.1, -0.05) is 20.8 Å². The van der Waals surface area contributed by atoms with Crippen LogP contribution < -0.4 is 10.6 Å². The lowest BCUT2D eigenvalue weighted by atomic mass is 9.96. The first-order chi connectivity index (χ1) is 8.45. The van der Waals surface area contributed by atoms with E-state index in [1.165, 1.54) is 11.5 Å². The van der Waals surface area contributed by atoms with E-state index in [2.05, 4.69) is 40.8 Å². The van der Waals surface area contributed by atoms with Gasteiger partial charge in [0, 0.05) is 36.0 Å². The van der Waals surface area contributed by atoms with E-state index in [0.29, 0.717) is 19.0 Å². The van der Waals surface area contributed by atoms with Gasteiger partial charge in [0.25, 0.3) is 0 Å². The molecule has 1 aromatic heterocycles. The minimum absolute atomic E-state index is 0.0280. The molecule has 0 atom stereocenters. The molecule has 5 nitrogen and oxygen atoms in total. The van der Waals surface area contributed by atoms with Crippen LogP contribution in [0.5, 0.6) is 0 Å². The molecule has 1 aromatic rings. The SMILES string of the molecule is CC(C)(C)c1nsc(NCCC(=O)NC2CC2)n1. The molecule has 1 aliphatic rings. The molecule has 0 aliphatic heterocycles. The van der Waals surface area contributed by atoms with E-state index in [-0.39, 0.29) is 11.3 Å². The van der Waals surface area contributed by atoms with Crippen LogP contribution in [0.2, 0.25) is 0 Å². The zero-order valence-electron chi connectivity index (χ0n) is 11.1.